The summed E-state index contributed by atoms with van der Waals surface area (Å²) in [5.41, 5.74) is 0.977. The van der Waals surface area contributed by atoms with Gasteiger partial charge < -0.3 is 4.74 Å². The predicted molar refractivity (Wildman–Crippen MR) is 56.6 cm³/mol. The summed E-state index contributed by atoms with van der Waals surface area (Å²) in [7, 11) is 0. The minimum Gasteiger partial charge on any atom is -0.477 e. The third-order valence-electron chi connectivity index (χ3n) is 2.46. The SMILES string of the molecule is ClCc1cccnc1OCCC1CC1. The number of aromatic nitrogens is 1. The van der Waals surface area contributed by atoms with Gasteiger partial charge in [-0.3, -0.25) is 0 Å². The average Bonchev–Trinajstić information content (AvgIpc) is 3.03. The molecule has 1 heterocycles. The lowest BCUT2D eigenvalue weighted by Gasteiger charge is -2.07. The predicted octanol–water partition coefficient (Wildman–Crippen LogP) is 3.00. The summed E-state index contributed by atoms with van der Waals surface area (Å²) in [5.74, 6) is 2.06. The molecule has 0 radical (unpaired) electrons. The van der Waals surface area contributed by atoms with Gasteiger partial charge in [-0.15, -0.1) is 11.6 Å². The molecule has 0 aromatic carbocycles. The molecule has 0 amide bonds. The highest BCUT2D eigenvalue weighted by atomic mass is 35.5. The highest BCUT2D eigenvalue weighted by Crippen LogP contribution is 2.32. The van der Waals surface area contributed by atoms with Crippen LogP contribution in [0.2, 0.25) is 0 Å². The molecule has 2 rings (SSSR count). The Labute approximate surface area is 89.3 Å². The minimum atomic E-state index is 0.465. The number of ether oxygens (including phenoxy) is 1. The molecule has 0 N–H and O–H groups in total. The Kier molecular flexibility index (Phi) is 3.25. The molecule has 0 aliphatic heterocycles. The molecule has 1 aromatic rings. The molecule has 14 heavy (non-hydrogen) atoms. The molecule has 0 spiro atoms. The molecule has 0 atom stereocenters. The summed E-state index contributed by atoms with van der Waals surface area (Å²) in [6, 6.07) is 3.83. The molecule has 1 saturated carbocycles. The van der Waals surface area contributed by atoms with Crippen LogP contribution in [0.25, 0.3) is 0 Å². The third-order valence-corrected chi connectivity index (χ3v) is 2.74. The lowest BCUT2D eigenvalue weighted by atomic mass is 10.3. The lowest BCUT2D eigenvalue weighted by molar-refractivity contribution is 0.289. The maximum Gasteiger partial charge on any atom is 0.217 e. The van der Waals surface area contributed by atoms with Crippen molar-refractivity contribution in [3.05, 3.63) is 23.9 Å². The van der Waals surface area contributed by atoms with Gasteiger partial charge in [-0.2, -0.15) is 0 Å². The van der Waals surface area contributed by atoms with Crippen molar-refractivity contribution in [2.75, 3.05) is 6.61 Å². The van der Waals surface area contributed by atoms with Crippen LogP contribution in [0.3, 0.4) is 0 Å². The molecule has 0 bridgehead atoms. The second-order valence-corrected chi connectivity index (χ2v) is 3.95. The van der Waals surface area contributed by atoms with E-state index in [9.17, 15) is 0 Å². The highest BCUT2D eigenvalue weighted by Gasteiger charge is 2.20. The summed E-state index contributed by atoms with van der Waals surface area (Å²) in [6.07, 6.45) is 5.63. The molecular formula is C11H14ClNO. The summed E-state index contributed by atoms with van der Waals surface area (Å²) in [4.78, 5) is 4.16. The molecule has 2 nitrogen and oxygen atoms in total. The van der Waals surface area contributed by atoms with E-state index in [1.165, 1.54) is 12.8 Å². The Morgan fingerprint density at radius 1 is 1.50 bits per heavy atom. The highest BCUT2D eigenvalue weighted by molar-refractivity contribution is 6.17. The molecule has 1 aliphatic rings. The van der Waals surface area contributed by atoms with Crippen molar-refractivity contribution < 1.29 is 4.74 Å². The average molecular weight is 212 g/mol. The first-order valence-electron chi connectivity index (χ1n) is 5.03. The van der Waals surface area contributed by atoms with Crippen molar-refractivity contribution in [1.29, 1.82) is 0 Å². The van der Waals surface area contributed by atoms with E-state index in [0.29, 0.717) is 11.8 Å². The summed E-state index contributed by atoms with van der Waals surface area (Å²) in [5, 5.41) is 0. The zero-order valence-corrected chi connectivity index (χ0v) is 8.83. The van der Waals surface area contributed by atoms with E-state index in [1.807, 2.05) is 12.1 Å². The van der Waals surface area contributed by atoms with E-state index in [4.69, 9.17) is 16.3 Å². The molecule has 76 valence electrons. The van der Waals surface area contributed by atoms with Gasteiger partial charge >= 0.3 is 0 Å². The zero-order valence-electron chi connectivity index (χ0n) is 8.08. The van der Waals surface area contributed by atoms with Gasteiger partial charge in [0, 0.05) is 11.8 Å². The van der Waals surface area contributed by atoms with Gasteiger partial charge in [0.25, 0.3) is 0 Å². The van der Waals surface area contributed by atoms with Gasteiger partial charge in [-0.1, -0.05) is 18.9 Å². The molecular weight excluding hydrogens is 198 g/mol. The summed E-state index contributed by atoms with van der Waals surface area (Å²) in [6.45, 7) is 0.769. The zero-order chi connectivity index (χ0) is 9.80. The van der Waals surface area contributed by atoms with Gasteiger partial charge in [0.05, 0.1) is 12.5 Å². The Morgan fingerprint density at radius 2 is 2.36 bits per heavy atom. The Balaban J connectivity index is 1.86. The second-order valence-electron chi connectivity index (χ2n) is 3.68. The van der Waals surface area contributed by atoms with Gasteiger partial charge in [0.1, 0.15) is 0 Å². The summed E-state index contributed by atoms with van der Waals surface area (Å²) < 4.78 is 5.58. The van der Waals surface area contributed by atoms with Gasteiger partial charge in [0.2, 0.25) is 5.88 Å². The van der Waals surface area contributed by atoms with Crippen LogP contribution in [0.1, 0.15) is 24.8 Å². The number of nitrogens with zero attached hydrogens (tertiary/aromatic N) is 1. The number of hydrogen-bond donors (Lipinski definition) is 0. The molecule has 1 aliphatic carbocycles. The van der Waals surface area contributed by atoms with E-state index in [-0.39, 0.29) is 0 Å². The fourth-order valence-corrected chi connectivity index (χ4v) is 1.59. The Morgan fingerprint density at radius 3 is 3.07 bits per heavy atom. The van der Waals surface area contributed by atoms with E-state index in [2.05, 4.69) is 4.98 Å². The first-order valence-corrected chi connectivity index (χ1v) is 5.56. The largest absolute Gasteiger partial charge is 0.477 e. The van der Waals surface area contributed by atoms with Crippen molar-refractivity contribution >= 4 is 11.6 Å². The number of halogens is 1. The maximum absolute atomic E-state index is 5.77. The van der Waals surface area contributed by atoms with Gasteiger partial charge in [-0.25, -0.2) is 4.98 Å². The van der Waals surface area contributed by atoms with E-state index in [0.717, 1.165) is 24.5 Å². The van der Waals surface area contributed by atoms with Gasteiger partial charge in [0.15, 0.2) is 0 Å². The Hall–Kier alpha value is -0.760. The van der Waals surface area contributed by atoms with Crippen molar-refractivity contribution in [2.45, 2.75) is 25.1 Å². The smallest absolute Gasteiger partial charge is 0.217 e. The van der Waals surface area contributed by atoms with E-state index in [1.54, 1.807) is 6.20 Å². The number of pyridine rings is 1. The van der Waals surface area contributed by atoms with Crippen molar-refractivity contribution in [3.63, 3.8) is 0 Å². The fraction of sp³-hybridized carbons (Fsp3) is 0.545. The molecule has 1 aromatic heterocycles. The van der Waals surface area contributed by atoms with E-state index >= 15 is 0 Å². The first kappa shape index (κ1) is 9.78. The molecule has 0 saturated heterocycles. The van der Waals surface area contributed by atoms with Crippen LogP contribution in [0.15, 0.2) is 18.3 Å². The van der Waals surface area contributed by atoms with Crippen LogP contribution in [-0.4, -0.2) is 11.6 Å². The number of rotatable bonds is 5. The monoisotopic (exact) mass is 211 g/mol. The van der Waals surface area contributed by atoms with Crippen LogP contribution in [0, 0.1) is 5.92 Å². The fourth-order valence-electron chi connectivity index (χ4n) is 1.38. The molecule has 1 fully saturated rings. The van der Waals surface area contributed by atoms with Gasteiger partial charge in [-0.05, 0) is 18.4 Å². The van der Waals surface area contributed by atoms with Crippen LogP contribution in [-0.2, 0) is 5.88 Å². The van der Waals surface area contributed by atoms with Crippen molar-refractivity contribution in [3.8, 4) is 5.88 Å². The number of alkyl halides is 1. The minimum absolute atomic E-state index is 0.465. The summed E-state index contributed by atoms with van der Waals surface area (Å²) >= 11 is 5.77. The maximum atomic E-state index is 5.77. The van der Waals surface area contributed by atoms with Crippen LogP contribution in [0.5, 0.6) is 5.88 Å². The normalized spacial score (nSPS) is 15.5. The first-order chi connectivity index (χ1) is 6.90. The van der Waals surface area contributed by atoms with Crippen LogP contribution < -0.4 is 4.74 Å². The van der Waals surface area contributed by atoms with Crippen LogP contribution >= 0.6 is 11.6 Å². The molecule has 3 heteroatoms. The quantitative estimate of drug-likeness (QED) is 0.699. The van der Waals surface area contributed by atoms with Crippen LogP contribution in [0.4, 0.5) is 0 Å². The third kappa shape index (κ3) is 2.61. The lowest BCUT2D eigenvalue weighted by Crippen LogP contribution is -2.02. The second kappa shape index (κ2) is 4.65. The Bertz CT molecular complexity index is 299. The van der Waals surface area contributed by atoms with Crippen molar-refractivity contribution in [1.82, 2.24) is 4.98 Å². The number of hydrogen-bond acceptors (Lipinski definition) is 2. The topological polar surface area (TPSA) is 22.1 Å². The molecule has 0 unspecified atom stereocenters. The van der Waals surface area contributed by atoms with E-state index < -0.39 is 0 Å². The van der Waals surface area contributed by atoms with Crippen molar-refractivity contribution in [2.24, 2.45) is 5.92 Å². The standard InChI is InChI=1S/C11H14ClNO/c12-8-10-2-1-6-13-11(10)14-7-5-9-3-4-9/h1-2,6,9H,3-5,7-8H2.